The smallest absolute Gasteiger partial charge is 0.319 e. The number of benzene rings is 2. The molecule has 2 aromatic heterocycles. The second kappa shape index (κ2) is 11.0. The molecule has 0 saturated carbocycles. The maximum Gasteiger partial charge on any atom is 0.319 e. The van der Waals surface area contributed by atoms with E-state index in [2.05, 4.69) is 19.9 Å². The van der Waals surface area contributed by atoms with Gasteiger partial charge in [0.1, 0.15) is 41.4 Å². The van der Waals surface area contributed by atoms with Crippen LogP contribution in [0.5, 0.6) is 11.8 Å². The molecule has 5 heterocycles. The van der Waals surface area contributed by atoms with Gasteiger partial charge in [-0.2, -0.15) is 9.97 Å². The SMILES string of the molecule is CCc1c(F)ccc2cc(O)cc(-c3ncc4c(N5C[C@H](O)C[C@@H](O)C5)nc(OC[C@@]56CCCN5C[C@H](F)C6)nc4c3F)c12. The number of β-amino-alcohol motifs (C(OH)–C–C–N with tert-alkyl or cyclic N) is 2. The summed E-state index contributed by atoms with van der Waals surface area (Å²) >= 11 is 0. The van der Waals surface area contributed by atoms with Crippen molar-refractivity contribution in [1.29, 1.82) is 0 Å². The number of phenolic OH excluding ortho intramolecular Hbond substituents is 1. The van der Waals surface area contributed by atoms with Crippen molar-refractivity contribution in [2.45, 2.75) is 62.9 Å². The highest BCUT2D eigenvalue weighted by atomic mass is 19.1. The number of alkyl halides is 1. The monoisotopic (exact) mass is 609 g/mol. The van der Waals surface area contributed by atoms with Gasteiger partial charge in [0.05, 0.1) is 23.1 Å². The molecule has 0 spiro atoms. The Kier molecular flexibility index (Phi) is 7.25. The molecule has 4 atom stereocenters. The number of fused-ring (bicyclic) bond motifs is 3. The topological polar surface area (TPSA) is 115 Å². The quantitative estimate of drug-likeness (QED) is 0.295. The molecule has 4 aromatic rings. The summed E-state index contributed by atoms with van der Waals surface area (Å²) in [6, 6.07) is 5.58. The van der Waals surface area contributed by atoms with Gasteiger partial charge in [0.15, 0.2) is 5.82 Å². The number of anilines is 1. The number of aryl methyl sites for hydroxylation is 1. The van der Waals surface area contributed by atoms with Crippen LogP contribution in [0.4, 0.5) is 19.0 Å². The third-order valence-electron chi connectivity index (χ3n) is 9.34. The van der Waals surface area contributed by atoms with Crippen LogP contribution in [0.1, 0.15) is 38.2 Å². The van der Waals surface area contributed by atoms with E-state index in [1.54, 1.807) is 11.8 Å². The highest BCUT2D eigenvalue weighted by molar-refractivity contribution is 6.01. The fourth-order valence-corrected chi connectivity index (χ4v) is 7.41. The molecular formula is C32H34F3N5O4. The maximum absolute atomic E-state index is 16.7. The third kappa shape index (κ3) is 4.89. The molecule has 0 aliphatic carbocycles. The number of halogens is 3. The number of hydrogen-bond donors (Lipinski definition) is 3. The Bertz CT molecular complexity index is 1750. The summed E-state index contributed by atoms with van der Waals surface area (Å²) in [5.74, 6) is -1.16. The van der Waals surface area contributed by atoms with Crippen LogP contribution in [0, 0.1) is 11.6 Å². The van der Waals surface area contributed by atoms with Gasteiger partial charge in [-0.15, -0.1) is 0 Å². The van der Waals surface area contributed by atoms with E-state index in [0.29, 0.717) is 35.7 Å². The van der Waals surface area contributed by atoms with Crippen LogP contribution in [0.15, 0.2) is 30.5 Å². The number of aromatic nitrogens is 3. The molecule has 44 heavy (non-hydrogen) atoms. The molecule has 3 aliphatic rings. The summed E-state index contributed by atoms with van der Waals surface area (Å²) in [7, 11) is 0. The first-order valence-electron chi connectivity index (χ1n) is 15.1. The average Bonchev–Trinajstić information content (AvgIpc) is 3.51. The van der Waals surface area contributed by atoms with E-state index >= 15 is 4.39 Å². The van der Waals surface area contributed by atoms with Crippen molar-refractivity contribution in [3.63, 3.8) is 0 Å². The van der Waals surface area contributed by atoms with E-state index in [-0.39, 0.29) is 65.9 Å². The van der Waals surface area contributed by atoms with Crippen molar-refractivity contribution in [3.05, 3.63) is 47.7 Å². The van der Waals surface area contributed by atoms with E-state index in [4.69, 9.17) is 4.74 Å². The van der Waals surface area contributed by atoms with Gasteiger partial charge in [0, 0.05) is 44.2 Å². The van der Waals surface area contributed by atoms with E-state index < -0.39 is 35.6 Å². The molecule has 9 nitrogen and oxygen atoms in total. The van der Waals surface area contributed by atoms with Gasteiger partial charge < -0.3 is 25.0 Å². The molecule has 3 saturated heterocycles. The Morgan fingerprint density at radius 3 is 2.66 bits per heavy atom. The van der Waals surface area contributed by atoms with Gasteiger partial charge in [-0.1, -0.05) is 13.0 Å². The number of pyridine rings is 1. The van der Waals surface area contributed by atoms with Crippen molar-refractivity contribution < 1.29 is 33.2 Å². The Morgan fingerprint density at radius 2 is 1.89 bits per heavy atom. The zero-order valence-electron chi connectivity index (χ0n) is 24.3. The van der Waals surface area contributed by atoms with Crippen LogP contribution >= 0.6 is 0 Å². The molecule has 0 radical (unpaired) electrons. The average molecular weight is 610 g/mol. The number of hydrogen-bond acceptors (Lipinski definition) is 9. The van der Waals surface area contributed by atoms with Gasteiger partial charge >= 0.3 is 6.01 Å². The van der Waals surface area contributed by atoms with Crippen LogP contribution in [0.25, 0.3) is 32.9 Å². The predicted molar refractivity (Wildman–Crippen MR) is 159 cm³/mol. The van der Waals surface area contributed by atoms with Crippen molar-refractivity contribution in [1.82, 2.24) is 19.9 Å². The Balaban J connectivity index is 1.38. The first-order chi connectivity index (χ1) is 21.2. The standard InChI is InChI=1S/C32H34F3N5O4/c1-2-22-25(34)5-4-17-8-19(41)10-23(26(17)22)28-27(35)29-24(12-36-28)30(39-14-20(42)9-21(43)15-39)38-31(37-29)44-16-32-6-3-7-40(32)13-18(33)11-32/h4-5,8,10,12,18,20-21,41-43H,2-3,6-7,9,11,13-16H2,1H3/t18-,20-,21-,32+/m1/s1. The fraction of sp³-hybridized carbons (Fsp3) is 0.469. The zero-order valence-corrected chi connectivity index (χ0v) is 24.3. The van der Waals surface area contributed by atoms with Gasteiger partial charge in [-0.3, -0.25) is 9.88 Å². The van der Waals surface area contributed by atoms with Crippen molar-refractivity contribution in [2.75, 3.05) is 37.7 Å². The summed E-state index contributed by atoms with van der Waals surface area (Å²) in [6.07, 6.45) is 1.33. The summed E-state index contributed by atoms with van der Waals surface area (Å²) in [4.78, 5) is 17.2. The molecule has 0 amide bonds. The van der Waals surface area contributed by atoms with Gasteiger partial charge in [-0.25, -0.2) is 13.2 Å². The van der Waals surface area contributed by atoms with E-state index in [9.17, 15) is 24.1 Å². The lowest BCUT2D eigenvalue weighted by Crippen LogP contribution is -2.46. The zero-order chi connectivity index (χ0) is 30.7. The maximum atomic E-state index is 16.7. The van der Waals surface area contributed by atoms with Crippen molar-refractivity contribution in [2.24, 2.45) is 0 Å². The van der Waals surface area contributed by atoms with Crippen LogP contribution in [0.3, 0.4) is 0 Å². The first-order valence-corrected chi connectivity index (χ1v) is 15.1. The molecule has 3 N–H and O–H groups in total. The number of aliphatic hydroxyl groups is 2. The fourth-order valence-electron chi connectivity index (χ4n) is 7.41. The lowest BCUT2D eigenvalue weighted by Gasteiger charge is -2.35. The number of aliphatic hydroxyl groups excluding tert-OH is 2. The summed E-state index contributed by atoms with van der Waals surface area (Å²) < 4.78 is 52.1. The Hall–Kier alpha value is -3.74. The number of rotatable bonds is 6. The van der Waals surface area contributed by atoms with Crippen LogP contribution in [-0.2, 0) is 6.42 Å². The number of nitrogens with zero attached hydrogens (tertiary/aromatic N) is 5. The molecule has 2 aromatic carbocycles. The predicted octanol–water partition coefficient (Wildman–Crippen LogP) is 4.28. The molecule has 0 unspecified atom stereocenters. The molecule has 3 aliphatic heterocycles. The Labute approximate surface area is 251 Å². The number of ether oxygens (including phenoxy) is 1. The summed E-state index contributed by atoms with van der Waals surface area (Å²) in [6.45, 7) is 3.33. The number of phenols is 1. The van der Waals surface area contributed by atoms with Crippen molar-refractivity contribution >= 4 is 27.5 Å². The van der Waals surface area contributed by atoms with E-state index in [0.717, 1.165) is 19.4 Å². The molecule has 3 fully saturated rings. The van der Waals surface area contributed by atoms with E-state index in [1.807, 2.05) is 0 Å². The minimum Gasteiger partial charge on any atom is -0.508 e. The minimum atomic E-state index is -0.954. The normalized spacial score (nSPS) is 25.7. The Morgan fingerprint density at radius 1 is 1.09 bits per heavy atom. The van der Waals surface area contributed by atoms with Gasteiger partial charge in [-0.05, 0) is 60.3 Å². The lowest BCUT2D eigenvalue weighted by atomic mass is 9.94. The highest BCUT2D eigenvalue weighted by Crippen LogP contribution is 2.42. The van der Waals surface area contributed by atoms with Gasteiger partial charge in [0.2, 0.25) is 0 Å². The molecule has 232 valence electrons. The summed E-state index contributed by atoms with van der Waals surface area (Å²) in [5.41, 5.74) is -0.165. The first kappa shape index (κ1) is 29.0. The molecule has 7 rings (SSSR count). The molecule has 0 bridgehead atoms. The summed E-state index contributed by atoms with van der Waals surface area (Å²) in [5, 5.41) is 32.5. The minimum absolute atomic E-state index is 0.119. The van der Waals surface area contributed by atoms with Crippen LogP contribution in [-0.4, -0.2) is 91.9 Å². The second-order valence-corrected chi connectivity index (χ2v) is 12.3. The largest absolute Gasteiger partial charge is 0.508 e. The molecule has 12 heteroatoms. The second-order valence-electron chi connectivity index (χ2n) is 12.3. The van der Waals surface area contributed by atoms with Gasteiger partial charge in [0.25, 0.3) is 0 Å². The van der Waals surface area contributed by atoms with Crippen LogP contribution < -0.4 is 9.64 Å². The highest BCUT2D eigenvalue weighted by Gasteiger charge is 2.49. The third-order valence-corrected chi connectivity index (χ3v) is 9.34. The number of aromatic hydroxyl groups is 1. The number of piperidine rings is 1. The molecular weight excluding hydrogens is 575 g/mol. The van der Waals surface area contributed by atoms with E-state index in [1.165, 1.54) is 30.5 Å². The van der Waals surface area contributed by atoms with Crippen LogP contribution in [0.2, 0.25) is 0 Å². The van der Waals surface area contributed by atoms with Crippen molar-refractivity contribution in [3.8, 4) is 23.0 Å². The lowest BCUT2D eigenvalue weighted by molar-refractivity contribution is 0.0648.